The molecule has 0 aliphatic heterocycles. The minimum Gasteiger partial charge on any atom is -0.390 e. The molecule has 2 heterocycles. The van der Waals surface area contributed by atoms with Crippen molar-refractivity contribution in [1.82, 2.24) is 15.2 Å². The summed E-state index contributed by atoms with van der Waals surface area (Å²) in [5.41, 5.74) is 5.32. The molecule has 0 spiro atoms. The van der Waals surface area contributed by atoms with Gasteiger partial charge in [-0.1, -0.05) is 17.1 Å². The highest BCUT2D eigenvalue weighted by atomic mass is 32.1. The van der Waals surface area contributed by atoms with Gasteiger partial charge in [0, 0.05) is 11.6 Å². The summed E-state index contributed by atoms with van der Waals surface area (Å²) in [4.78, 5) is 4.23. The Balaban J connectivity index is 2.09. The molecule has 0 aromatic carbocycles. The Morgan fingerprint density at radius 1 is 1.60 bits per heavy atom. The van der Waals surface area contributed by atoms with Crippen LogP contribution in [0.25, 0.3) is 0 Å². The van der Waals surface area contributed by atoms with Crippen LogP contribution in [0.2, 0.25) is 0 Å². The van der Waals surface area contributed by atoms with Crippen LogP contribution >= 0.6 is 11.3 Å². The number of rotatable bonds is 4. The molecule has 1 unspecified atom stereocenters. The van der Waals surface area contributed by atoms with Crippen LogP contribution in [-0.4, -0.2) is 15.2 Å². The van der Waals surface area contributed by atoms with E-state index < -0.39 is 0 Å². The molecule has 0 aliphatic carbocycles. The number of hydrogen-bond donors (Lipinski definition) is 2. The summed E-state index contributed by atoms with van der Waals surface area (Å²) in [5.74, 6) is 0. The van der Waals surface area contributed by atoms with E-state index in [1.807, 2.05) is 5.38 Å². The minimum atomic E-state index is 0.0616. The molecule has 2 rings (SSSR count). The average molecular weight is 225 g/mol. The highest BCUT2D eigenvalue weighted by Gasteiger charge is 2.14. The summed E-state index contributed by atoms with van der Waals surface area (Å²) in [6.45, 7) is 2.05. The van der Waals surface area contributed by atoms with Gasteiger partial charge in [-0.2, -0.15) is 0 Å². The zero-order valence-electron chi connectivity index (χ0n) is 8.17. The maximum atomic E-state index is 5.32. The summed E-state index contributed by atoms with van der Waals surface area (Å²) in [6, 6.07) is 0.478. The van der Waals surface area contributed by atoms with Crippen LogP contribution in [0.4, 0.5) is 12.0 Å². The minimum absolute atomic E-state index is 0.0616. The van der Waals surface area contributed by atoms with E-state index in [1.54, 1.807) is 17.5 Å². The zero-order valence-corrected chi connectivity index (χ0v) is 8.99. The molecule has 1 atom stereocenters. The van der Waals surface area contributed by atoms with Crippen LogP contribution in [-0.2, 0) is 0 Å². The average Bonchev–Trinajstić information content (AvgIpc) is 2.85. The van der Waals surface area contributed by atoms with Gasteiger partial charge in [-0.05, 0) is 6.42 Å². The lowest BCUT2D eigenvalue weighted by molar-refractivity contribution is 0.569. The summed E-state index contributed by atoms with van der Waals surface area (Å²) in [5, 5.41) is 13.3. The number of anilines is 2. The van der Waals surface area contributed by atoms with Crippen LogP contribution < -0.4 is 11.1 Å². The van der Waals surface area contributed by atoms with Crippen molar-refractivity contribution < 1.29 is 4.42 Å². The maximum absolute atomic E-state index is 5.32. The largest absolute Gasteiger partial charge is 0.390 e. The van der Waals surface area contributed by atoms with Crippen LogP contribution in [0.1, 0.15) is 24.4 Å². The molecule has 7 heteroatoms. The van der Waals surface area contributed by atoms with Gasteiger partial charge in [-0.25, -0.2) is 4.98 Å². The highest BCUT2D eigenvalue weighted by molar-refractivity contribution is 7.09. The van der Waals surface area contributed by atoms with Gasteiger partial charge in [0.1, 0.15) is 5.01 Å². The Bertz CT molecular complexity index is 412. The van der Waals surface area contributed by atoms with Crippen LogP contribution in [0.3, 0.4) is 0 Å². The Hall–Kier alpha value is -1.63. The number of nitrogens with zero attached hydrogens (tertiary/aromatic N) is 3. The molecule has 0 saturated carbocycles. The van der Waals surface area contributed by atoms with Gasteiger partial charge in [-0.15, -0.1) is 11.3 Å². The van der Waals surface area contributed by atoms with Gasteiger partial charge in [0.15, 0.2) is 0 Å². The molecule has 2 aromatic heterocycles. The van der Waals surface area contributed by atoms with Crippen LogP contribution in [0.5, 0.6) is 0 Å². The van der Waals surface area contributed by atoms with Crippen molar-refractivity contribution in [2.45, 2.75) is 19.4 Å². The third kappa shape index (κ3) is 2.24. The number of aromatic nitrogens is 3. The Morgan fingerprint density at radius 3 is 3.00 bits per heavy atom. The van der Waals surface area contributed by atoms with E-state index in [-0.39, 0.29) is 12.1 Å². The fourth-order valence-electron chi connectivity index (χ4n) is 1.19. The van der Waals surface area contributed by atoms with Crippen LogP contribution in [0.15, 0.2) is 16.0 Å². The molecule has 6 nitrogen and oxygen atoms in total. The van der Waals surface area contributed by atoms with Crippen molar-refractivity contribution >= 4 is 23.4 Å². The van der Waals surface area contributed by atoms with E-state index in [0.29, 0.717) is 6.01 Å². The molecule has 0 saturated heterocycles. The van der Waals surface area contributed by atoms with E-state index in [1.165, 1.54) is 0 Å². The van der Waals surface area contributed by atoms with Crippen molar-refractivity contribution in [2.75, 3.05) is 11.1 Å². The maximum Gasteiger partial charge on any atom is 0.317 e. The molecule has 2 aromatic rings. The van der Waals surface area contributed by atoms with Crippen LogP contribution in [0, 0.1) is 0 Å². The van der Waals surface area contributed by atoms with E-state index >= 15 is 0 Å². The van der Waals surface area contributed by atoms with Gasteiger partial charge in [0.05, 0.1) is 6.04 Å². The first-order valence-electron chi connectivity index (χ1n) is 4.54. The Labute approximate surface area is 90.5 Å². The summed E-state index contributed by atoms with van der Waals surface area (Å²) in [6.07, 6.45) is 2.66. The normalized spacial score (nSPS) is 12.6. The zero-order chi connectivity index (χ0) is 10.7. The molecule has 0 aliphatic rings. The lowest BCUT2D eigenvalue weighted by Gasteiger charge is -2.11. The van der Waals surface area contributed by atoms with Gasteiger partial charge in [0.25, 0.3) is 0 Å². The highest BCUT2D eigenvalue weighted by Crippen LogP contribution is 2.23. The van der Waals surface area contributed by atoms with Crippen molar-refractivity contribution in [1.29, 1.82) is 0 Å². The monoisotopic (exact) mass is 225 g/mol. The molecular formula is C8H11N5OS. The molecule has 3 N–H and O–H groups in total. The van der Waals surface area contributed by atoms with Gasteiger partial charge >= 0.3 is 12.0 Å². The van der Waals surface area contributed by atoms with Gasteiger partial charge in [0.2, 0.25) is 0 Å². The number of thiazole rings is 1. The smallest absolute Gasteiger partial charge is 0.317 e. The second-order valence-corrected chi connectivity index (χ2v) is 3.85. The van der Waals surface area contributed by atoms with Crippen molar-refractivity contribution in [3.05, 3.63) is 16.6 Å². The second-order valence-electron chi connectivity index (χ2n) is 2.92. The lowest BCUT2D eigenvalue weighted by atomic mass is 10.2. The molecule has 80 valence electrons. The van der Waals surface area contributed by atoms with Crippen molar-refractivity contribution in [3.63, 3.8) is 0 Å². The number of hydrogen-bond acceptors (Lipinski definition) is 7. The van der Waals surface area contributed by atoms with E-state index in [4.69, 9.17) is 10.2 Å². The van der Waals surface area contributed by atoms with Crippen molar-refractivity contribution in [2.24, 2.45) is 0 Å². The number of nitrogens with one attached hydrogen (secondary N) is 1. The van der Waals surface area contributed by atoms with Gasteiger partial charge in [-0.3, -0.25) is 0 Å². The standard InChI is InChI=1S/C8H11N5OS/c1-2-5(6-10-3-4-15-6)11-8-13-12-7(9)14-8/h3-5H,2H2,1H3,(H2,9,12)(H,11,13). The fourth-order valence-corrected chi connectivity index (χ4v) is 1.96. The number of nitrogen functional groups attached to an aromatic ring is 1. The van der Waals surface area contributed by atoms with Crippen molar-refractivity contribution in [3.8, 4) is 0 Å². The summed E-state index contributed by atoms with van der Waals surface area (Å²) >= 11 is 1.59. The predicted octanol–water partition coefficient (Wildman–Crippen LogP) is 1.67. The van der Waals surface area contributed by atoms with E-state index in [9.17, 15) is 0 Å². The third-order valence-corrected chi connectivity index (χ3v) is 2.79. The Morgan fingerprint density at radius 2 is 2.47 bits per heavy atom. The summed E-state index contributed by atoms with van der Waals surface area (Å²) in [7, 11) is 0. The van der Waals surface area contributed by atoms with E-state index in [0.717, 1.165) is 11.4 Å². The SMILES string of the molecule is CCC(Nc1nnc(N)o1)c1nccs1. The molecule has 0 radical (unpaired) electrons. The first-order valence-corrected chi connectivity index (χ1v) is 5.42. The third-order valence-electron chi connectivity index (χ3n) is 1.90. The first-order chi connectivity index (χ1) is 7.29. The molecular weight excluding hydrogens is 214 g/mol. The van der Waals surface area contributed by atoms with Gasteiger partial charge < -0.3 is 15.5 Å². The fraction of sp³-hybridized carbons (Fsp3) is 0.375. The first kappa shape index (κ1) is 9.91. The molecule has 0 fully saturated rings. The number of nitrogens with two attached hydrogens (primary N) is 1. The molecule has 15 heavy (non-hydrogen) atoms. The Kier molecular flexibility index (Phi) is 2.82. The topological polar surface area (TPSA) is 89.9 Å². The predicted molar refractivity (Wildman–Crippen MR) is 57.5 cm³/mol. The molecule has 0 bridgehead atoms. The quantitative estimate of drug-likeness (QED) is 0.822. The summed E-state index contributed by atoms with van der Waals surface area (Å²) < 4.78 is 5.04. The lowest BCUT2D eigenvalue weighted by Crippen LogP contribution is -2.09. The van der Waals surface area contributed by atoms with E-state index in [2.05, 4.69) is 27.4 Å². The molecule has 0 amide bonds. The second kappa shape index (κ2) is 4.26.